The second-order valence-electron chi connectivity index (χ2n) is 4.29. The van der Waals surface area contributed by atoms with Crippen molar-refractivity contribution in [3.63, 3.8) is 0 Å². The number of nitrogens with one attached hydrogen (secondary N) is 1. The van der Waals surface area contributed by atoms with Gasteiger partial charge in [0.05, 0.1) is 12.1 Å². The van der Waals surface area contributed by atoms with Gasteiger partial charge >= 0.3 is 5.97 Å². The average molecular weight is 312 g/mol. The van der Waals surface area contributed by atoms with Crippen LogP contribution in [0.3, 0.4) is 0 Å². The average Bonchev–Trinajstić information content (AvgIpc) is 2.47. The maximum atomic E-state index is 11.6. The van der Waals surface area contributed by atoms with Gasteiger partial charge in [-0.05, 0) is 31.0 Å². The van der Waals surface area contributed by atoms with Crippen molar-refractivity contribution in [3.05, 3.63) is 40.9 Å². The Labute approximate surface area is 128 Å². The van der Waals surface area contributed by atoms with Crippen LogP contribution in [-0.2, 0) is 14.3 Å². The van der Waals surface area contributed by atoms with Gasteiger partial charge in [-0.1, -0.05) is 23.7 Å². The van der Waals surface area contributed by atoms with E-state index in [4.69, 9.17) is 16.3 Å². The Kier molecular flexibility index (Phi) is 7.32. The number of ether oxygens (including phenoxy) is 2. The summed E-state index contributed by atoms with van der Waals surface area (Å²) in [6.45, 7) is 2.22. The lowest BCUT2D eigenvalue weighted by atomic mass is 10.2. The highest BCUT2D eigenvalue weighted by atomic mass is 35.5. The predicted molar refractivity (Wildman–Crippen MR) is 80.5 cm³/mol. The maximum Gasteiger partial charge on any atom is 0.330 e. The maximum absolute atomic E-state index is 11.6. The molecule has 0 unspecified atom stereocenters. The first-order valence-electron chi connectivity index (χ1n) is 6.43. The normalized spacial score (nSPS) is 10.4. The monoisotopic (exact) mass is 311 g/mol. The Morgan fingerprint density at radius 3 is 2.86 bits per heavy atom. The van der Waals surface area contributed by atoms with E-state index in [2.05, 4.69) is 10.1 Å². The molecule has 0 bridgehead atoms. The molecule has 0 aromatic heterocycles. The molecule has 0 aliphatic rings. The van der Waals surface area contributed by atoms with E-state index >= 15 is 0 Å². The molecule has 0 aliphatic heterocycles. The zero-order chi connectivity index (χ0) is 15.7. The van der Waals surface area contributed by atoms with Crippen LogP contribution < -0.4 is 10.1 Å². The first-order valence-corrected chi connectivity index (χ1v) is 6.81. The smallest absolute Gasteiger partial charge is 0.330 e. The van der Waals surface area contributed by atoms with Crippen LogP contribution in [0.1, 0.15) is 12.0 Å². The Morgan fingerprint density at radius 1 is 1.38 bits per heavy atom. The lowest BCUT2D eigenvalue weighted by Crippen LogP contribution is -2.29. The van der Waals surface area contributed by atoms with Crippen LogP contribution in [0.4, 0.5) is 0 Å². The van der Waals surface area contributed by atoms with E-state index in [9.17, 15) is 9.59 Å². The van der Waals surface area contributed by atoms with Gasteiger partial charge in [-0.3, -0.25) is 4.79 Å². The second-order valence-corrected chi connectivity index (χ2v) is 4.69. The van der Waals surface area contributed by atoms with Gasteiger partial charge in [-0.25, -0.2) is 4.79 Å². The van der Waals surface area contributed by atoms with E-state index in [1.807, 2.05) is 13.0 Å². The number of carbonyl (C=O) groups excluding carboxylic acids is 2. The SMILES string of the molecule is COC(=O)/C=C/CCNC(=O)COc1cc(C)ccc1Cl. The Hall–Kier alpha value is -2.01. The molecule has 1 aromatic rings. The molecule has 1 rings (SSSR count). The summed E-state index contributed by atoms with van der Waals surface area (Å²) in [5, 5.41) is 3.14. The highest BCUT2D eigenvalue weighted by Crippen LogP contribution is 2.24. The highest BCUT2D eigenvalue weighted by Gasteiger charge is 2.05. The van der Waals surface area contributed by atoms with Gasteiger partial charge in [-0.2, -0.15) is 0 Å². The number of esters is 1. The van der Waals surface area contributed by atoms with Gasteiger partial charge < -0.3 is 14.8 Å². The van der Waals surface area contributed by atoms with Crippen molar-refractivity contribution in [2.75, 3.05) is 20.3 Å². The van der Waals surface area contributed by atoms with Gasteiger partial charge in [0.1, 0.15) is 5.75 Å². The number of rotatable bonds is 7. The van der Waals surface area contributed by atoms with E-state index < -0.39 is 5.97 Å². The summed E-state index contributed by atoms with van der Waals surface area (Å²) in [4.78, 5) is 22.4. The molecule has 0 spiro atoms. The van der Waals surface area contributed by atoms with Gasteiger partial charge in [0.25, 0.3) is 5.91 Å². The van der Waals surface area contributed by atoms with E-state index in [1.165, 1.54) is 13.2 Å². The van der Waals surface area contributed by atoms with Crippen molar-refractivity contribution < 1.29 is 19.1 Å². The minimum atomic E-state index is -0.418. The number of hydrogen-bond acceptors (Lipinski definition) is 4. The highest BCUT2D eigenvalue weighted by molar-refractivity contribution is 6.32. The molecule has 1 N–H and O–H groups in total. The first kappa shape index (κ1) is 17.0. The molecule has 114 valence electrons. The summed E-state index contributed by atoms with van der Waals surface area (Å²) in [6, 6.07) is 5.36. The molecule has 0 saturated carbocycles. The lowest BCUT2D eigenvalue weighted by molar-refractivity contribution is -0.134. The van der Waals surface area contributed by atoms with Crippen LogP contribution in [0.25, 0.3) is 0 Å². The zero-order valence-corrected chi connectivity index (χ0v) is 12.8. The van der Waals surface area contributed by atoms with Crippen LogP contribution in [-0.4, -0.2) is 32.1 Å². The third-order valence-corrected chi connectivity index (χ3v) is 2.85. The summed E-state index contributed by atoms with van der Waals surface area (Å²) in [5.41, 5.74) is 1.00. The fraction of sp³-hybridized carbons (Fsp3) is 0.333. The molecule has 0 heterocycles. The predicted octanol–water partition coefficient (Wildman–Crippen LogP) is 2.26. The molecule has 0 atom stereocenters. The van der Waals surface area contributed by atoms with Crippen LogP contribution in [0.2, 0.25) is 5.02 Å². The minimum Gasteiger partial charge on any atom is -0.482 e. The van der Waals surface area contributed by atoms with E-state index in [0.717, 1.165) is 5.56 Å². The fourth-order valence-corrected chi connectivity index (χ4v) is 1.63. The molecular weight excluding hydrogens is 294 g/mol. The number of hydrogen-bond donors (Lipinski definition) is 1. The van der Waals surface area contributed by atoms with Gasteiger partial charge in [-0.15, -0.1) is 0 Å². The Bertz CT molecular complexity index is 528. The largest absolute Gasteiger partial charge is 0.482 e. The van der Waals surface area contributed by atoms with Gasteiger partial charge in [0.2, 0.25) is 0 Å². The third kappa shape index (κ3) is 6.81. The third-order valence-electron chi connectivity index (χ3n) is 2.53. The van der Waals surface area contributed by atoms with Crippen LogP contribution in [0, 0.1) is 6.92 Å². The standard InChI is InChI=1S/C15H18ClNO4/c1-11-6-7-12(16)13(9-11)21-10-14(18)17-8-4-3-5-15(19)20-2/h3,5-7,9H,4,8,10H2,1-2H3,(H,17,18)/b5-3+. The molecule has 0 saturated heterocycles. The van der Waals surface area contributed by atoms with E-state index in [0.29, 0.717) is 23.7 Å². The summed E-state index contributed by atoms with van der Waals surface area (Å²) in [6.07, 6.45) is 3.48. The van der Waals surface area contributed by atoms with Crippen molar-refractivity contribution in [2.24, 2.45) is 0 Å². The first-order chi connectivity index (χ1) is 10.0. The molecule has 6 heteroatoms. The molecule has 0 fully saturated rings. The van der Waals surface area contributed by atoms with Crippen molar-refractivity contribution >= 4 is 23.5 Å². The number of benzene rings is 1. The molecule has 21 heavy (non-hydrogen) atoms. The van der Waals surface area contributed by atoms with Gasteiger partial charge in [0, 0.05) is 12.6 Å². The topological polar surface area (TPSA) is 64.6 Å². The summed E-state index contributed by atoms with van der Waals surface area (Å²) < 4.78 is 9.80. The lowest BCUT2D eigenvalue weighted by Gasteiger charge is -2.08. The molecule has 0 aliphatic carbocycles. The number of halogens is 1. The van der Waals surface area contributed by atoms with Crippen LogP contribution >= 0.6 is 11.6 Å². The number of amides is 1. The fourth-order valence-electron chi connectivity index (χ4n) is 1.46. The van der Waals surface area contributed by atoms with E-state index in [1.54, 1.807) is 18.2 Å². The van der Waals surface area contributed by atoms with Crippen LogP contribution in [0.5, 0.6) is 5.75 Å². The van der Waals surface area contributed by atoms with E-state index in [-0.39, 0.29) is 12.5 Å². The van der Waals surface area contributed by atoms with Crippen molar-refractivity contribution in [1.29, 1.82) is 0 Å². The molecule has 1 aromatic carbocycles. The number of methoxy groups -OCH3 is 1. The summed E-state index contributed by atoms with van der Waals surface area (Å²) >= 11 is 5.96. The summed E-state index contributed by atoms with van der Waals surface area (Å²) in [7, 11) is 1.31. The zero-order valence-electron chi connectivity index (χ0n) is 12.0. The number of carbonyl (C=O) groups is 2. The number of aryl methyl sites for hydroxylation is 1. The summed E-state index contributed by atoms with van der Waals surface area (Å²) in [5.74, 6) is -0.185. The molecular formula is C15H18ClNO4. The van der Waals surface area contributed by atoms with Crippen molar-refractivity contribution in [1.82, 2.24) is 5.32 Å². The van der Waals surface area contributed by atoms with Crippen molar-refractivity contribution in [2.45, 2.75) is 13.3 Å². The molecule has 5 nitrogen and oxygen atoms in total. The van der Waals surface area contributed by atoms with Gasteiger partial charge in [0.15, 0.2) is 6.61 Å². The van der Waals surface area contributed by atoms with Crippen LogP contribution in [0.15, 0.2) is 30.4 Å². The quantitative estimate of drug-likeness (QED) is 0.476. The Balaban J connectivity index is 2.27. The minimum absolute atomic E-state index is 0.107. The molecule has 1 amide bonds. The Morgan fingerprint density at radius 2 is 2.14 bits per heavy atom. The second kappa shape index (κ2) is 9.02. The molecule has 0 radical (unpaired) electrons. The van der Waals surface area contributed by atoms with Crippen molar-refractivity contribution in [3.8, 4) is 5.75 Å².